The number of nitrogens with zero attached hydrogens (tertiary/aromatic N) is 2. The van der Waals surface area contributed by atoms with Gasteiger partial charge in [0.25, 0.3) is 10.0 Å². The van der Waals surface area contributed by atoms with E-state index in [0.717, 1.165) is 0 Å². The van der Waals surface area contributed by atoms with E-state index in [2.05, 4.69) is 9.71 Å². The average Bonchev–Trinajstić information content (AvgIpc) is 2.38. The fraction of sp³-hybridized carbons (Fsp3) is 0. The standard InChI is InChI=1S/C12H8ClN3O2S/c13-12-7-10(4-5-15-12)16-19(17,18)11-3-1-2-9(6-11)8-14/h1-7H,(H,15,16). The van der Waals surface area contributed by atoms with Crippen LogP contribution in [0.5, 0.6) is 0 Å². The first-order chi connectivity index (χ1) is 9.01. The Balaban J connectivity index is 2.35. The Hall–Kier alpha value is -2.10. The molecule has 7 heteroatoms. The predicted molar refractivity (Wildman–Crippen MR) is 71.2 cm³/mol. The molecule has 0 amide bonds. The number of halogens is 1. The van der Waals surface area contributed by atoms with Gasteiger partial charge in [-0.25, -0.2) is 13.4 Å². The number of benzene rings is 1. The summed E-state index contributed by atoms with van der Waals surface area (Å²) in [4.78, 5) is 3.77. The summed E-state index contributed by atoms with van der Waals surface area (Å²) in [5.74, 6) is 0. The molecule has 1 aromatic carbocycles. The Morgan fingerprint density at radius 3 is 2.74 bits per heavy atom. The quantitative estimate of drug-likeness (QED) is 0.881. The molecule has 2 aromatic rings. The fourth-order valence-corrected chi connectivity index (χ4v) is 2.68. The first-order valence-electron chi connectivity index (χ1n) is 5.16. The van der Waals surface area contributed by atoms with Gasteiger partial charge in [0.15, 0.2) is 0 Å². The van der Waals surface area contributed by atoms with Crippen molar-refractivity contribution in [3.8, 4) is 6.07 Å². The summed E-state index contributed by atoms with van der Waals surface area (Å²) in [5.41, 5.74) is 0.581. The summed E-state index contributed by atoms with van der Waals surface area (Å²) in [5, 5.41) is 8.95. The molecule has 1 N–H and O–H groups in total. The lowest BCUT2D eigenvalue weighted by Gasteiger charge is -2.08. The highest BCUT2D eigenvalue weighted by Crippen LogP contribution is 2.18. The van der Waals surface area contributed by atoms with Gasteiger partial charge in [-0.1, -0.05) is 17.7 Å². The lowest BCUT2D eigenvalue weighted by molar-refractivity contribution is 0.601. The third-order valence-corrected chi connectivity index (χ3v) is 3.84. The zero-order valence-corrected chi connectivity index (χ0v) is 11.1. The van der Waals surface area contributed by atoms with Crippen molar-refractivity contribution >= 4 is 27.3 Å². The molecular formula is C12H8ClN3O2S. The van der Waals surface area contributed by atoms with Crippen LogP contribution in [-0.2, 0) is 10.0 Å². The van der Waals surface area contributed by atoms with Crippen molar-refractivity contribution in [2.45, 2.75) is 4.90 Å². The minimum atomic E-state index is -3.75. The Bertz CT molecular complexity index is 754. The van der Waals surface area contributed by atoms with Crippen LogP contribution in [0.15, 0.2) is 47.5 Å². The van der Waals surface area contributed by atoms with Crippen LogP contribution < -0.4 is 4.72 Å². The Morgan fingerprint density at radius 2 is 2.05 bits per heavy atom. The summed E-state index contributed by atoms with van der Waals surface area (Å²) < 4.78 is 26.6. The second-order valence-electron chi connectivity index (χ2n) is 3.61. The number of pyridine rings is 1. The Labute approximate surface area is 115 Å². The number of rotatable bonds is 3. The molecule has 0 spiro atoms. The normalized spacial score (nSPS) is 10.7. The van der Waals surface area contributed by atoms with E-state index in [0.29, 0.717) is 5.69 Å². The predicted octanol–water partition coefficient (Wildman–Crippen LogP) is 2.41. The third kappa shape index (κ3) is 3.22. The average molecular weight is 294 g/mol. The lowest BCUT2D eigenvalue weighted by Crippen LogP contribution is -2.13. The number of aromatic nitrogens is 1. The summed E-state index contributed by atoms with van der Waals surface area (Å²) in [6.07, 6.45) is 1.39. The lowest BCUT2D eigenvalue weighted by atomic mass is 10.2. The minimum absolute atomic E-state index is 0.0134. The molecule has 0 fully saturated rings. The van der Waals surface area contributed by atoms with E-state index >= 15 is 0 Å². The molecule has 0 aliphatic rings. The van der Waals surface area contributed by atoms with Crippen molar-refractivity contribution in [2.24, 2.45) is 0 Å². The van der Waals surface area contributed by atoms with Crippen molar-refractivity contribution in [3.63, 3.8) is 0 Å². The Kier molecular flexibility index (Phi) is 3.69. The molecule has 0 aliphatic carbocycles. The van der Waals surface area contributed by atoms with Crippen LogP contribution in [0.3, 0.4) is 0 Å². The number of sulfonamides is 1. The molecular weight excluding hydrogens is 286 g/mol. The molecule has 0 bridgehead atoms. The minimum Gasteiger partial charge on any atom is -0.279 e. The summed E-state index contributed by atoms with van der Waals surface area (Å²) >= 11 is 5.68. The van der Waals surface area contributed by atoms with E-state index in [1.165, 1.54) is 42.6 Å². The van der Waals surface area contributed by atoms with Crippen molar-refractivity contribution in [3.05, 3.63) is 53.3 Å². The summed E-state index contributed by atoms with van der Waals surface area (Å²) in [7, 11) is -3.75. The van der Waals surface area contributed by atoms with Gasteiger partial charge in [-0.3, -0.25) is 4.72 Å². The van der Waals surface area contributed by atoms with Gasteiger partial charge in [0, 0.05) is 6.20 Å². The van der Waals surface area contributed by atoms with Gasteiger partial charge >= 0.3 is 0 Å². The van der Waals surface area contributed by atoms with Crippen LogP contribution in [0.4, 0.5) is 5.69 Å². The molecule has 1 heterocycles. The second-order valence-corrected chi connectivity index (χ2v) is 5.68. The van der Waals surface area contributed by atoms with Crippen molar-refractivity contribution in [2.75, 3.05) is 4.72 Å². The zero-order chi connectivity index (χ0) is 13.9. The highest BCUT2D eigenvalue weighted by atomic mass is 35.5. The van der Waals surface area contributed by atoms with Gasteiger partial charge in [-0.05, 0) is 30.3 Å². The number of hydrogen-bond acceptors (Lipinski definition) is 4. The molecule has 0 unspecified atom stereocenters. The van der Waals surface area contributed by atoms with Crippen LogP contribution in [0.25, 0.3) is 0 Å². The van der Waals surface area contributed by atoms with Crippen molar-refractivity contribution in [1.29, 1.82) is 5.26 Å². The van der Waals surface area contributed by atoms with E-state index in [1.807, 2.05) is 6.07 Å². The fourth-order valence-electron chi connectivity index (χ4n) is 1.41. The van der Waals surface area contributed by atoms with Crippen LogP contribution >= 0.6 is 11.6 Å². The number of nitrogens with one attached hydrogen (secondary N) is 1. The second kappa shape index (κ2) is 5.26. The van der Waals surface area contributed by atoms with Gasteiger partial charge in [-0.15, -0.1) is 0 Å². The molecule has 0 saturated carbocycles. The van der Waals surface area contributed by atoms with Gasteiger partial charge in [0.05, 0.1) is 22.2 Å². The first-order valence-corrected chi connectivity index (χ1v) is 7.02. The van der Waals surface area contributed by atoms with Crippen LogP contribution in [0.1, 0.15) is 5.56 Å². The van der Waals surface area contributed by atoms with Crippen molar-refractivity contribution < 1.29 is 8.42 Å². The molecule has 0 atom stereocenters. The van der Waals surface area contributed by atoms with E-state index in [4.69, 9.17) is 16.9 Å². The largest absolute Gasteiger partial charge is 0.279 e. The third-order valence-electron chi connectivity index (χ3n) is 2.25. The maximum atomic E-state index is 12.1. The SMILES string of the molecule is N#Cc1cccc(S(=O)(=O)Nc2ccnc(Cl)c2)c1. The van der Waals surface area contributed by atoms with Gasteiger partial charge in [-0.2, -0.15) is 5.26 Å². The Morgan fingerprint density at radius 1 is 1.26 bits per heavy atom. The highest BCUT2D eigenvalue weighted by molar-refractivity contribution is 7.92. The van der Waals surface area contributed by atoms with Gasteiger partial charge in [0.1, 0.15) is 5.15 Å². The van der Waals surface area contributed by atoms with E-state index < -0.39 is 10.0 Å². The molecule has 1 aromatic heterocycles. The summed E-state index contributed by atoms with van der Waals surface area (Å²) in [6, 6.07) is 10.5. The topological polar surface area (TPSA) is 82.8 Å². The molecule has 96 valence electrons. The van der Waals surface area contributed by atoms with Crippen LogP contribution in [0, 0.1) is 11.3 Å². The van der Waals surface area contributed by atoms with Gasteiger partial charge in [0.2, 0.25) is 0 Å². The maximum Gasteiger partial charge on any atom is 0.261 e. The highest BCUT2D eigenvalue weighted by Gasteiger charge is 2.14. The molecule has 0 aliphatic heterocycles. The van der Waals surface area contributed by atoms with Crippen molar-refractivity contribution in [1.82, 2.24) is 4.98 Å². The molecule has 19 heavy (non-hydrogen) atoms. The van der Waals surface area contributed by atoms with E-state index in [9.17, 15) is 8.42 Å². The van der Waals surface area contributed by atoms with E-state index in [-0.39, 0.29) is 15.6 Å². The monoisotopic (exact) mass is 293 g/mol. The molecule has 0 saturated heterocycles. The summed E-state index contributed by atoms with van der Waals surface area (Å²) in [6.45, 7) is 0. The number of nitriles is 1. The number of anilines is 1. The molecule has 2 rings (SSSR count). The molecule has 0 radical (unpaired) electrons. The number of hydrogen-bond donors (Lipinski definition) is 1. The smallest absolute Gasteiger partial charge is 0.261 e. The first kappa shape index (κ1) is 13.3. The van der Waals surface area contributed by atoms with Gasteiger partial charge < -0.3 is 0 Å². The van der Waals surface area contributed by atoms with Crippen LogP contribution in [-0.4, -0.2) is 13.4 Å². The maximum absolute atomic E-state index is 12.1. The zero-order valence-electron chi connectivity index (χ0n) is 9.54. The van der Waals surface area contributed by atoms with Crippen LogP contribution in [0.2, 0.25) is 5.15 Å². The van der Waals surface area contributed by atoms with E-state index in [1.54, 1.807) is 0 Å². The molecule has 5 nitrogen and oxygen atoms in total.